The number of thioether (sulfide) groups is 1. The molecule has 45 heavy (non-hydrogen) atoms. The van der Waals surface area contributed by atoms with E-state index in [1.165, 1.54) is 42.1 Å². The lowest BCUT2D eigenvalue weighted by atomic mass is 10.1. The predicted molar refractivity (Wildman–Crippen MR) is 164 cm³/mol. The molecule has 2 heterocycles. The fourth-order valence-corrected chi connectivity index (χ4v) is 6.28. The Morgan fingerprint density at radius 1 is 0.933 bits per heavy atom. The Morgan fingerprint density at radius 3 is 2.40 bits per heavy atom. The molecule has 0 radical (unpaired) electrons. The van der Waals surface area contributed by atoms with Gasteiger partial charge in [0.2, 0.25) is 5.91 Å². The van der Waals surface area contributed by atoms with E-state index in [0.29, 0.717) is 73.3 Å². The van der Waals surface area contributed by atoms with Crippen LogP contribution in [0.2, 0.25) is 0 Å². The molecule has 0 aliphatic carbocycles. The van der Waals surface area contributed by atoms with Crippen LogP contribution in [0.4, 0.5) is 17.6 Å². The average molecular weight is 640 g/mol. The van der Waals surface area contributed by atoms with E-state index < -0.39 is 17.6 Å². The van der Waals surface area contributed by atoms with Gasteiger partial charge in [0.15, 0.2) is 5.16 Å². The third-order valence-corrected chi connectivity index (χ3v) is 8.70. The number of amides is 2. The molecule has 3 aromatic carbocycles. The number of nitrogens with zero attached hydrogens (tertiary/aromatic N) is 5. The summed E-state index contributed by atoms with van der Waals surface area (Å²) in [4.78, 5) is 29.3. The van der Waals surface area contributed by atoms with E-state index in [2.05, 4.69) is 10.2 Å². The number of carbonyl (C=O) groups excluding carboxylic acids is 2. The lowest BCUT2D eigenvalue weighted by molar-refractivity contribution is -0.137. The van der Waals surface area contributed by atoms with Gasteiger partial charge in [-0.15, -0.1) is 10.2 Å². The molecule has 1 aliphatic heterocycles. The van der Waals surface area contributed by atoms with Crippen molar-refractivity contribution in [3.63, 3.8) is 0 Å². The van der Waals surface area contributed by atoms with Crippen molar-refractivity contribution in [1.82, 2.24) is 24.6 Å². The van der Waals surface area contributed by atoms with Crippen molar-refractivity contribution in [3.8, 4) is 5.69 Å². The number of alkyl halides is 3. The van der Waals surface area contributed by atoms with Gasteiger partial charge in [0.1, 0.15) is 11.6 Å². The predicted octanol–water partition coefficient (Wildman–Crippen LogP) is 6.65. The molecule has 0 N–H and O–H groups in total. The molecule has 4 aromatic rings. The molecule has 1 aromatic heterocycles. The molecule has 0 bridgehead atoms. The van der Waals surface area contributed by atoms with Gasteiger partial charge in [0, 0.05) is 49.8 Å². The minimum absolute atomic E-state index is 0.0120. The zero-order valence-electron chi connectivity index (χ0n) is 24.7. The largest absolute Gasteiger partial charge is 0.416 e. The van der Waals surface area contributed by atoms with Gasteiger partial charge in [0.05, 0.1) is 11.3 Å². The maximum absolute atomic E-state index is 13.5. The summed E-state index contributed by atoms with van der Waals surface area (Å²) in [6.45, 7) is 3.14. The first-order valence-electron chi connectivity index (χ1n) is 14.7. The molecule has 0 spiro atoms. The number of halogens is 4. The molecule has 1 saturated heterocycles. The molecule has 12 heteroatoms. The summed E-state index contributed by atoms with van der Waals surface area (Å²) in [5.41, 5.74) is 0.966. The van der Waals surface area contributed by atoms with E-state index in [0.717, 1.165) is 17.7 Å². The first-order chi connectivity index (χ1) is 21.6. The van der Waals surface area contributed by atoms with E-state index in [1.807, 2.05) is 37.3 Å². The fraction of sp³-hybridized carbons (Fsp3) is 0.333. The van der Waals surface area contributed by atoms with Crippen molar-refractivity contribution < 1.29 is 27.2 Å². The van der Waals surface area contributed by atoms with Crippen molar-refractivity contribution in [2.24, 2.45) is 0 Å². The van der Waals surface area contributed by atoms with Gasteiger partial charge in [0.25, 0.3) is 5.91 Å². The van der Waals surface area contributed by atoms with Crippen molar-refractivity contribution in [1.29, 1.82) is 0 Å². The first kappa shape index (κ1) is 32.2. The molecule has 5 rings (SSSR count). The number of carbonyl (C=O) groups is 2. The standard InChI is InChI=1S/C33H33F4N5O2S/c1-23-22-40(17-18-41(23)31(44)25-13-15-27(34)16-14-25)30(43)12-5-6-19-45-32-39-38-29(20-24-8-3-2-4-9-24)42(32)28-11-7-10-26(21-28)33(35,36)37/h2-4,7-11,13-16,21,23H,5-6,12,17-20,22H2,1H3. The van der Waals surface area contributed by atoms with Gasteiger partial charge in [-0.25, -0.2) is 4.39 Å². The Morgan fingerprint density at radius 2 is 1.69 bits per heavy atom. The van der Waals surface area contributed by atoms with Crippen LogP contribution < -0.4 is 0 Å². The van der Waals surface area contributed by atoms with Crippen LogP contribution in [0.5, 0.6) is 0 Å². The van der Waals surface area contributed by atoms with Gasteiger partial charge >= 0.3 is 6.18 Å². The van der Waals surface area contributed by atoms with Gasteiger partial charge in [-0.1, -0.05) is 48.2 Å². The lowest BCUT2D eigenvalue weighted by Gasteiger charge is -2.40. The molecule has 7 nitrogen and oxygen atoms in total. The lowest BCUT2D eigenvalue weighted by Crippen LogP contribution is -2.55. The van der Waals surface area contributed by atoms with E-state index in [-0.39, 0.29) is 17.9 Å². The Labute approximate surface area is 263 Å². The maximum Gasteiger partial charge on any atom is 0.416 e. The molecule has 1 fully saturated rings. The van der Waals surface area contributed by atoms with Crippen molar-refractivity contribution >= 4 is 23.6 Å². The molecule has 1 unspecified atom stereocenters. The highest BCUT2D eigenvalue weighted by molar-refractivity contribution is 7.99. The summed E-state index contributed by atoms with van der Waals surface area (Å²) in [5, 5.41) is 9.12. The Hall–Kier alpha value is -4.19. The SMILES string of the molecule is CC1CN(C(=O)CCCCSc2nnc(Cc3ccccc3)n2-c2cccc(C(F)(F)F)c2)CCN1C(=O)c1ccc(F)cc1. The number of piperazine rings is 1. The molecular formula is C33H33F4N5O2S. The minimum Gasteiger partial charge on any atom is -0.339 e. The number of benzene rings is 3. The normalized spacial score (nSPS) is 15.4. The highest BCUT2D eigenvalue weighted by atomic mass is 32.2. The van der Waals surface area contributed by atoms with E-state index >= 15 is 0 Å². The molecular weight excluding hydrogens is 606 g/mol. The van der Waals surface area contributed by atoms with Crippen LogP contribution in [0.25, 0.3) is 5.69 Å². The number of aromatic nitrogens is 3. The highest BCUT2D eigenvalue weighted by Gasteiger charge is 2.32. The van der Waals surface area contributed by atoms with Crippen molar-refractivity contribution in [3.05, 3.63) is 107 Å². The topological polar surface area (TPSA) is 71.3 Å². The maximum atomic E-state index is 13.5. The van der Waals surface area contributed by atoms with Crippen LogP contribution in [-0.2, 0) is 17.4 Å². The zero-order chi connectivity index (χ0) is 32.0. The molecule has 1 atom stereocenters. The molecule has 1 aliphatic rings. The summed E-state index contributed by atoms with van der Waals surface area (Å²) in [6, 6.07) is 19.9. The first-order valence-corrected chi connectivity index (χ1v) is 15.7. The van der Waals surface area contributed by atoms with Crippen LogP contribution in [0.15, 0.2) is 84.0 Å². The van der Waals surface area contributed by atoms with Crippen molar-refractivity contribution in [2.45, 2.75) is 50.0 Å². The monoisotopic (exact) mass is 639 g/mol. The molecule has 0 saturated carbocycles. The van der Waals surface area contributed by atoms with Crippen LogP contribution in [0.1, 0.15) is 53.5 Å². The quantitative estimate of drug-likeness (QED) is 0.110. The molecule has 236 valence electrons. The number of hydrogen-bond acceptors (Lipinski definition) is 5. The second-order valence-corrected chi connectivity index (χ2v) is 12.0. The number of rotatable bonds is 10. The van der Waals surface area contributed by atoms with Crippen LogP contribution in [-0.4, -0.2) is 67.8 Å². The number of hydrogen-bond donors (Lipinski definition) is 0. The van der Waals surface area contributed by atoms with E-state index in [1.54, 1.807) is 20.4 Å². The number of unbranched alkanes of at least 4 members (excludes halogenated alkanes) is 1. The highest BCUT2D eigenvalue weighted by Crippen LogP contribution is 2.32. The second kappa shape index (κ2) is 14.3. The summed E-state index contributed by atoms with van der Waals surface area (Å²) in [7, 11) is 0. The second-order valence-electron chi connectivity index (χ2n) is 10.9. The van der Waals surface area contributed by atoms with E-state index in [4.69, 9.17) is 0 Å². The molecule has 2 amide bonds. The van der Waals surface area contributed by atoms with Gasteiger partial charge in [-0.2, -0.15) is 13.2 Å². The Bertz CT molecular complexity index is 1610. The fourth-order valence-electron chi connectivity index (χ4n) is 5.31. The third-order valence-electron chi connectivity index (χ3n) is 7.69. The van der Waals surface area contributed by atoms with Gasteiger partial charge in [-0.3, -0.25) is 14.2 Å². The van der Waals surface area contributed by atoms with Crippen molar-refractivity contribution in [2.75, 3.05) is 25.4 Å². The third kappa shape index (κ3) is 8.10. The van der Waals surface area contributed by atoms with Crippen LogP contribution in [0.3, 0.4) is 0 Å². The summed E-state index contributed by atoms with van der Waals surface area (Å²) in [6.07, 6.45) is -2.41. The van der Waals surface area contributed by atoms with Crippen LogP contribution >= 0.6 is 11.8 Å². The Kier molecular flexibility index (Phi) is 10.2. The average Bonchev–Trinajstić information content (AvgIpc) is 3.42. The minimum atomic E-state index is -4.48. The van der Waals surface area contributed by atoms with Crippen LogP contribution in [0, 0.1) is 5.82 Å². The summed E-state index contributed by atoms with van der Waals surface area (Å²) >= 11 is 1.39. The van der Waals surface area contributed by atoms with E-state index in [9.17, 15) is 27.2 Å². The zero-order valence-corrected chi connectivity index (χ0v) is 25.5. The summed E-state index contributed by atoms with van der Waals surface area (Å²) < 4.78 is 55.4. The Balaban J connectivity index is 1.16. The van der Waals surface area contributed by atoms with Gasteiger partial charge in [-0.05, 0) is 67.8 Å². The smallest absolute Gasteiger partial charge is 0.339 e. The summed E-state index contributed by atoms with van der Waals surface area (Å²) in [5.74, 6) is 0.559. The van der Waals surface area contributed by atoms with Gasteiger partial charge < -0.3 is 9.80 Å².